The molecule has 7 heteroatoms. The maximum Gasteiger partial charge on any atom is 0.227 e. The Bertz CT molecular complexity index is 721. The molecule has 0 aromatic carbocycles. The Labute approximate surface area is 161 Å². The quantitative estimate of drug-likeness (QED) is 0.765. The second kappa shape index (κ2) is 8.63. The maximum absolute atomic E-state index is 5.43. The van der Waals surface area contributed by atoms with Crippen LogP contribution in [0.3, 0.4) is 0 Å². The summed E-state index contributed by atoms with van der Waals surface area (Å²) < 4.78 is 5.43. The van der Waals surface area contributed by atoms with E-state index in [4.69, 9.17) is 9.72 Å². The lowest BCUT2D eigenvalue weighted by molar-refractivity contribution is 0.122. The third-order valence-electron chi connectivity index (χ3n) is 5.49. The van der Waals surface area contributed by atoms with Gasteiger partial charge < -0.3 is 19.4 Å². The molecule has 2 aliphatic heterocycles. The van der Waals surface area contributed by atoms with Crippen molar-refractivity contribution >= 4 is 11.8 Å². The van der Waals surface area contributed by atoms with E-state index in [0.29, 0.717) is 6.04 Å². The summed E-state index contributed by atoms with van der Waals surface area (Å²) in [6.45, 7) is 6.47. The van der Waals surface area contributed by atoms with Gasteiger partial charge in [0.15, 0.2) is 0 Å². The molecule has 2 aromatic rings. The highest BCUT2D eigenvalue weighted by Crippen LogP contribution is 2.22. The van der Waals surface area contributed by atoms with Crippen LogP contribution in [0.2, 0.25) is 0 Å². The SMILES string of the molecule is CN(c1ccnc(N2CCOCC2)n1)C1CCN(CCc2ccccn2)C1. The standard InChI is InChI=1S/C20H28N6O/c1-24(19-5-9-22-20(23-19)26-12-14-27-15-13-26)18-7-11-25(16-18)10-6-17-4-2-3-8-21-17/h2-5,8-9,18H,6-7,10-16H2,1H3. The van der Waals surface area contributed by atoms with Crippen LogP contribution in [-0.2, 0) is 11.2 Å². The third kappa shape index (κ3) is 4.54. The van der Waals surface area contributed by atoms with Crippen LogP contribution in [0.4, 0.5) is 11.8 Å². The Hall–Kier alpha value is -2.25. The smallest absolute Gasteiger partial charge is 0.227 e. The van der Waals surface area contributed by atoms with E-state index in [1.165, 1.54) is 5.69 Å². The van der Waals surface area contributed by atoms with E-state index in [1.54, 1.807) is 0 Å². The summed E-state index contributed by atoms with van der Waals surface area (Å²) in [6, 6.07) is 8.64. The van der Waals surface area contributed by atoms with Crippen LogP contribution in [0.5, 0.6) is 0 Å². The first kappa shape index (κ1) is 18.1. The van der Waals surface area contributed by atoms with Gasteiger partial charge in [0.2, 0.25) is 5.95 Å². The molecule has 0 saturated carbocycles. The van der Waals surface area contributed by atoms with Gasteiger partial charge >= 0.3 is 0 Å². The maximum atomic E-state index is 5.43. The van der Waals surface area contributed by atoms with Gasteiger partial charge in [-0.15, -0.1) is 0 Å². The number of rotatable bonds is 6. The fourth-order valence-corrected chi connectivity index (χ4v) is 3.79. The van der Waals surface area contributed by atoms with E-state index < -0.39 is 0 Å². The number of likely N-dealkylation sites (N-methyl/N-ethyl adjacent to an activating group) is 1. The van der Waals surface area contributed by atoms with Crippen LogP contribution in [0, 0.1) is 0 Å². The highest BCUT2D eigenvalue weighted by atomic mass is 16.5. The first-order chi connectivity index (χ1) is 13.3. The van der Waals surface area contributed by atoms with Crippen molar-refractivity contribution in [1.29, 1.82) is 0 Å². The van der Waals surface area contributed by atoms with Gasteiger partial charge in [-0.2, -0.15) is 4.98 Å². The molecular formula is C20H28N6O. The molecule has 2 saturated heterocycles. The lowest BCUT2D eigenvalue weighted by atomic mass is 10.2. The minimum absolute atomic E-state index is 0.487. The summed E-state index contributed by atoms with van der Waals surface area (Å²) in [5, 5.41) is 0. The van der Waals surface area contributed by atoms with Crippen molar-refractivity contribution in [1.82, 2.24) is 19.9 Å². The van der Waals surface area contributed by atoms with E-state index >= 15 is 0 Å². The van der Waals surface area contributed by atoms with Crippen molar-refractivity contribution in [2.75, 3.05) is 62.8 Å². The Morgan fingerprint density at radius 1 is 1.11 bits per heavy atom. The summed E-state index contributed by atoms with van der Waals surface area (Å²) in [6.07, 6.45) is 5.91. The normalized spacial score (nSPS) is 20.8. The predicted molar refractivity (Wildman–Crippen MR) is 106 cm³/mol. The number of hydrogen-bond acceptors (Lipinski definition) is 7. The fraction of sp³-hybridized carbons (Fsp3) is 0.550. The lowest BCUT2D eigenvalue weighted by Crippen LogP contribution is -2.38. The highest BCUT2D eigenvalue weighted by Gasteiger charge is 2.27. The summed E-state index contributed by atoms with van der Waals surface area (Å²) >= 11 is 0. The number of nitrogens with zero attached hydrogens (tertiary/aromatic N) is 6. The van der Waals surface area contributed by atoms with Crippen LogP contribution in [0.15, 0.2) is 36.7 Å². The largest absolute Gasteiger partial charge is 0.378 e. The molecular weight excluding hydrogens is 340 g/mol. The first-order valence-corrected chi connectivity index (χ1v) is 9.80. The van der Waals surface area contributed by atoms with Crippen molar-refractivity contribution < 1.29 is 4.74 Å². The van der Waals surface area contributed by atoms with Crippen molar-refractivity contribution in [3.63, 3.8) is 0 Å². The minimum Gasteiger partial charge on any atom is -0.378 e. The van der Waals surface area contributed by atoms with E-state index in [9.17, 15) is 0 Å². The molecule has 2 aromatic heterocycles. The van der Waals surface area contributed by atoms with Crippen molar-refractivity contribution in [3.05, 3.63) is 42.4 Å². The van der Waals surface area contributed by atoms with Crippen molar-refractivity contribution in [3.8, 4) is 0 Å². The zero-order valence-corrected chi connectivity index (χ0v) is 16.0. The molecule has 0 N–H and O–H groups in total. The Morgan fingerprint density at radius 3 is 2.81 bits per heavy atom. The van der Waals surface area contributed by atoms with Crippen molar-refractivity contribution in [2.45, 2.75) is 18.9 Å². The van der Waals surface area contributed by atoms with Gasteiger partial charge in [-0.3, -0.25) is 4.98 Å². The Morgan fingerprint density at radius 2 is 2.00 bits per heavy atom. The average Bonchev–Trinajstić information content (AvgIpc) is 3.22. The number of anilines is 2. The van der Waals surface area contributed by atoms with Gasteiger partial charge in [0.05, 0.1) is 13.2 Å². The summed E-state index contributed by atoms with van der Waals surface area (Å²) in [5.41, 5.74) is 1.17. The number of pyridine rings is 1. The molecule has 0 radical (unpaired) electrons. The van der Waals surface area contributed by atoms with E-state index in [0.717, 1.165) is 70.5 Å². The number of aromatic nitrogens is 3. The van der Waals surface area contributed by atoms with Gasteiger partial charge in [-0.05, 0) is 24.6 Å². The molecule has 2 aliphatic rings. The second-order valence-corrected chi connectivity index (χ2v) is 7.24. The topological polar surface area (TPSA) is 57.6 Å². The molecule has 0 aliphatic carbocycles. The lowest BCUT2D eigenvalue weighted by Gasteiger charge is -2.29. The van der Waals surface area contributed by atoms with Crippen LogP contribution >= 0.6 is 0 Å². The predicted octanol–water partition coefficient (Wildman–Crippen LogP) is 1.46. The van der Waals surface area contributed by atoms with Crippen LogP contribution in [0.1, 0.15) is 12.1 Å². The van der Waals surface area contributed by atoms with Gasteiger partial charge in [0, 0.05) is 70.3 Å². The third-order valence-corrected chi connectivity index (χ3v) is 5.49. The van der Waals surface area contributed by atoms with Crippen LogP contribution < -0.4 is 9.80 Å². The molecule has 1 atom stereocenters. The first-order valence-electron chi connectivity index (χ1n) is 9.80. The molecule has 7 nitrogen and oxygen atoms in total. The van der Waals surface area contributed by atoms with Crippen molar-refractivity contribution in [2.24, 2.45) is 0 Å². The summed E-state index contributed by atoms with van der Waals surface area (Å²) in [4.78, 5) is 20.8. The molecule has 0 bridgehead atoms. The number of hydrogen-bond donors (Lipinski definition) is 0. The molecule has 0 amide bonds. The monoisotopic (exact) mass is 368 g/mol. The summed E-state index contributed by atoms with van der Waals surface area (Å²) in [5.74, 6) is 1.82. The minimum atomic E-state index is 0.487. The molecule has 4 rings (SSSR count). The molecule has 1 unspecified atom stereocenters. The molecule has 0 spiro atoms. The molecule has 2 fully saturated rings. The molecule has 4 heterocycles. The molecule has 27 heavy (non-hydrogen) atoms. The van der Waals surface area contributed by atoms with E-state index in [2.05, 4.69) is 43.8 Å². The second-order valence-electron chi connectivity index (χ2n) is 7.24. The fourth-order valence-electron chi connectivity index (χ4n) is 3.79. The van der Waals surface area contributed by atoms with Crippen LogP contribution in [0.25, 0.3) is 0 Å². The zero-order valence-electron chi connectivity index (χ0n) is 16.0. The van der Waals surface area contributed by atoms with Gasteiger partial charge in [-0.25, -0.2) is 4.98 Å². The van der Waals surface area contributed by atoms with Gasteiger partial charge in [0.25, 0.3) is 0 Å². The van der Waals surface area contributed by atoms with E-state index in [-0.39, 0.29) is 0 Å². The van der Waals surface area contributed by atoms with Crippen LogP contribution in [-0.4, -0.2) is 78.9 Å². The number of morpholine rings is 1. The summed E-state index contributed by atoms with van der Waals surface area (Å²) in [7, 11) is 2.15. The zero-order chi connectivity index (χ0) is 18.5. The molecule has 144 valence electrons. The average molecular weight is 368 g/mol. The van der Waals surface area contributed by atoms with Gasteiger partial charge in [0.1, 0.15) is 5.82 Å². The van der Waals surface area contributed by atoms with E-state index in [1.807, 2.05) is 24.5 Å². The highest BCUT2D eigenvalue weighted by molar-refractivity contribution is 5.44. The number of likely N-dealkylation sites (tertiary alicyclic amines) is 1. The Kier molecular flexibility index (Phi) is 5.79. The Balaban J connectivity index is 1.33. The van der Waals surface area contributed by atoms with Gasteiger partial charge in [-0.1, -0.05) is 6.07 Å². The number of ether oxygens (including phenoxy) is 1.